The quantitative estimate of drug-likeness (QED) is 0.252. The number of rotatable bonds is 9. The van der Waals surface area contributed by atoms with Crippen LogP contribution in [0.15, 0.2) is 76.9 Å². The van der Waals surface area contributed by atoms with Crippen LogP contribution in [0.2, 0.25) is 0 Å². The van der Waals surface area contributed by atoms with Crippen LogP contribution in [0.3, 0.4) is 0 Å². The lowest BCUT2D eigenvalue weighted by Gasteiger charge is -2.37. The zero-order valence-corrected chi connectivity index (χ0v) is 26.5. The third-order valence-electron chi connectivity index (χ3n) is 8.29. The first-order valence-corrected chi connectivity index (χ1v) is 15.8. The number of hydrogen-bond donors (Lipinski definition) is 0. The van der Waals surface area contributed by atoms with Gasteiger partial charge in [0.1, 0.15) is 22.4 Å². The minimum Gasteiger partial charge on any atom is -0.462 e. The van der Waals surface area contributed by atoms with Gasteiger partial charge in [-0.3, -0.25) is 9.69 Å². The van der Waals surface area contributed by atoms with E-state index >= 15 is 4.39 Å². The molecule has 1 aromatic carbocycles. The van der Waals surface area contributed by atoms with Gasteiger partial charge >= 0.3 is 11.5 Å². The predicted molar refractivity (Wildman–Crippen MR) is 171 cm³/mol. The van der Waals surface area contributed by atoms with E-state index in [0.29, 0.717) is 18.8 Å². The number of pyridine rings is 2. The number of piperazine rings is 1. The number of ether oxygens (including phenoxy) is 2. The van der Waals surface area contributed by atoms with Crippen molar-refractivity contribution in [2.24, 2.45) is 0 Å². The van der Waals surface area contributed by atoms with Gasteiger partial charge in [-0.15, -0.1) is 8.78 Å². The number of halogens is 4. The molecule has 0 radical (unpaired) electrons. The molecule has 0 spiro atoms. The van der Waals surface area contributed by atoms with Gasteiger partial charge in [0.15, 0.2) is 11.6 Å². The highest BCUT2D eigenvalue weighted by molar-refractivity contribution is 6.20. The van der Waals surface area contributed by atoms with Gasteiger partial charge in [-0.1, -0.05) is 18.2 Å². The zero-order valence-electron chi connectivity index (χ0n) is 25.7. The third kappa shape index (κ3) is 7.25. The summed E-state index contributed by atoms with van der Waals surface area (Å²) in [6, 6.07) is 12.8. The maximum atomic E-state index is 16.3. The average molecular weight is 668 g/mol. The fraction of sp³-hybridized carbons (Fsp3) is 0.353. The number of alkyl halides is 3. The molecule has 1 aliphatic carbocycles. The number of aromatic nitrogens is 2. The maximum Gasteiger partial charge on any atom is 0.488 e. The molecular formula is C34H33ClF3N5O4. The van der Waals surface area contributed by atoms with Gasteiger partial charge in [0.25, 0.3) is 0 Å². The molecule has 0 N–H and O–H groups in total. The van der Waals surface area contributed by atoms with E-state index in [1.54, 1.807) is 31.3 Å². The molecule has 0 amide bonds. The Morgan fingerprint density at radius 3 is 2.36 bits per heavy atom. The Morgan fingerprint density at radius 2 is 1.72 bits per heavy atom. The number of nitrogens with zero attached hydrogens (tertiary/aromatic N) is 5. The van der Waals surface area contributed by atoms with Crippen molar-refractivity contribution in [1.29, 1.82) is 0 Å². The molecule has 2 fully saturated rings. The van der Waals surface area contributed by atoms with Gasteiger partial charge in [0, 0.05) is 62.4 Å². The van der Waals surface area contributed by atoms with Crippen LogP contribution in [0, 0.1) is 0 Å². The lowest BCUT2D eigenvalue weighted by Crippen LogP contribution is -2.47. The van der Waals surface area contributed by atoms with E-state index in [1.807, 2.05) is 29.2 Å². The molecule has 0 atom stereocenters. The topological polar surface area (TPSA) is 80.1 Å². The molecule has 0 saturated carbocycles. The smallest absolute Gasteiger partial charge is 0.462 e. The molecule has 6 rings (SSSR count). The van der Waals surface area contributed by atoms with Crippen molar-refractivity contribution in [2.45, 2.75) is 31.9 Å². The van der Waals surface area contributed by atoms with E-state index in [2.05, 4.69) is 15.6 Å². The van der Waals surface area contributed by atoms with Crippen molar-refractivity contribution < 1.29 is 27.4 Å². The van der Waals surface area contributed by atoms with Crippen molar-refractivity contribution in [3.63, 3.8) is 0 Å². The number of fused-ring (bicyclic) bond motifs is 1. The minimum atomic E-state index is -4.22. The highest BCUT2D eigenvalue weighted by atomic mass is 35.5. The zero-order chi connectivity index (χ0) is 33.1. The van der Waals surface area contributed by atoms with E-state index < -0.39 is 28.6 Å². The number of likely N-dealkylation sites (tertiary alicyclic amines) is 1. The summed E-state index contributed by atoms with van der Waals surface area (Å²) in [4.78, 5) is 36.8. The summed E-state index contributed by atoms with van der Waals surface area (Å²) in [5, 5.41) is -0.376. The van der Waals surface area contributed by atoms with Crippen molar-refractivity contribution in [1.82, 2.24) is 19.4 Å². The second-order valence-electron chi connectivity index (χ2n) is 11.4. The highest BCUT2D eigenvalue weighted by Crippen LogP contribution is 2.32. The van der Waals surface area contributed by atoms with Crippen LogP contribution < -0.4 is 20.9 Å². The fourth-order valence-corrected chi connectivity index (χ4v) is 6.15. The maximum absolute atomic E-state index is 16.3. The molecule has 3 aromatic rings. The standard InChI is InChI=1S/C34H33ClF3N5O4/c1-2-46-33(45)26-22-43(24-10-8-23(9-11-24)21-40-13-5-6-14-40)28-20-29(47-34(35,37)38)31(27(36)19-25(28)32(26)44)42-17-15-41(16-18-42)30-7-3-4-12-39-30/h3-4,7-12,19,22H,2,5-6,13-18,21H2,1H3. The molecule has 0 bridgehead atoms. The first-order valence-electron chi connectivity index (χ1n) is 15.4. The van der Waals surface area contributed by atoms with Crippen molar-refractivity contribution >= 4 is 35.2 Å². The third-order valence-corrected chi connectivity index (χ3v) is 8.37. The summed E-state index contributed by atoms with van der Waals surface area (Å²) >= 11 is 5.24. The van der Waals surface area contributed by atoms with Crippen LogP contribution in [0.4, 0.5) is 19.0 Å². The number of carbonyl (C=O) groups excluding carboxylic acids is 1. The Bertz CT molecular complexity index is 1890. The number of esters is 1. The van der Waals surface area contributed by atoms with Gasteiger partial charge in [0.05, 0.1) is 11.8 Å². The molecule has 2 saturated heterocycles. The number of hydrogen-bond acceptors (Lipinski definition) is 8. The van der Waals surface area contributed by atoms with Crippen LogP contribution in [0.25, 0.3) is 17.5 Å². The van der Waals surface area contributed by atoms with E-state index in [-0.39, 0.29) is 41.5 Å². The van der Waals surface area contributed by atoms with Crippen LogP contribution in [0.1, 0.15) is 35.7 Å². The molecule has 9 nitrogen and oxygen atoms in total. The van der Waals surface area contributed by atoms with E-state index in [0.717, 1.165) is 49.9 Å². The number of carbonyl (C=O) groups is 1. The summed E-state index contributed by atoms with van der Waals surface area (Å²) in [7, 11) is 0. The second-order valence-corrected chi connectivity index (χ2v) is 11.8. The van der Waals surface area contributed by atoms with Crippen LogP contribution in [-0.2, 0) is 16.0 Å². The molecular weight excluding hydrogens is 635 g/mol. The summed E-state index contributed by atoms with van der Waals surface area (Å²) in [6.45, 7) is 5.60. The SMILES string of the molecule is CCOC(=O)c1cn(-c2ccc(CN3CCCC3)cc2)c2c(c1=O)=CC(F)=C(N1CCN(c3ccccn3)CC1)C(OC(F)(F)Cl)=C=2. The normalized spacial score (nSPS) is 17.0. The van der Waals surface area contributed by atoms with Crippen molar-refractivity contribution in [3.8, 4) is 5.69 Å². The largest absolute Gasteiger partial charge is 0.488 e. The second kappa shape index (κ2) is 13.7. The van der Waals surface area contributed by atoms with E-state index in [4.69, 9.17) is 21.1 Å². The number of benzene rings is 1. The molecule has 0 unspecified atom stereocenters. The van der Waals surface area contributed by atoms with Gasteiger partial charge in [0.2, 0.25) is 5.43 Å². The summed E-state index contributed by atoms with van der Waals surface area (Å²) in [6.07, 6.45) is 6.13. The highest BCUT2D eigenvalue weighted by Gasteiger charge is 2.35. The summed E-state index contributed by atoms with van der Waals surface area (Å²) in [5.41, 5.74) is -1.49. The average Bonchev–Trinajstić information content (AvgIpc) is 3.51. The Hall–Kier alpha value is -4.51. The van der Waals surface area contributed by atoms with Crippen LogP contribution in [-0.4, -0.2) is 76.8 Å². The van der Waals surface area contributed by atoms with Gasteiger partial charge in [-0.25, -0.2) is 14.2 Å². The van der Waals surface area contributed by atoms with Crippen molar-refractivity contribution in [2.75, 3.05) is 50.8 Å². The Kier molecular flexibility index (Phi) is 9.45. The van der Waals surface area contributed by atoms with Crippen LogP contribution in [0.5, 0.6) is 0 Å². The summed E-state index contributed by atoms with van der Waals surface area (Å²) in [5.74, 6) is -1.89. The molecule has 3 aliphatic rings. The van der Waals surface area contributed by atoms with Gasteiger partial charge in [-0.2, -0.15) is 0 Å². The molecule has 47 heavy (non-hydrogen) atoms. The van der Waals surface area contributed by atoms with Crippen molar-refractivity contribution in [3.05, 3.63) is 104 Å². The monoisotopic (exact) mass is 667 g/mol. The molecule has 246 valence electrons. The minimum absolute atomic E-state index is 0.00197. The lowest BCUT2D eigenvalue weighted by molar-refractivity contribution is -0.139. The number of allylic oxidation sites excluding steroid dienone is 1. The fourth-order valence-electron chi connectivity index (χ4n) is 6.07. The first-order chi connectivity index (χ1) is 22.6. The first kappa shape index (κ1) is 32.4. The molecule has 13 heteroatoms. The Morgan fingerprint density at radius 1 is 1.02 bits per heavy atom. The van der Waals surface area contributed by atoms with E-state index in [1.165, 1.54) is 15.7 Å². The molecule has 2 aliphatic heterocycles. The lowest BCUT2D eigenvalue weighted by atomic mass is 10.1. The Balaban J connectivity index is 1.50. The number of anilines is 1. The van der Waals surface area contributed by atoms with E-state index in [9.17, 15) is 18.4 Å². The summed E-state index contributed by atoms with van der Waals surface area (Å²) < 4.78 is 56.3. The predicted octanol–water partition coefficient (Wildman–Crippen LogP) is 3.87. The molecule has 2 aromatic heterocycles. The Labute approximate surface area is 274 Å². The molecule has 4 heterocycles. The van der Waals surface area contributed by atoms with Gasteiger partial charge < -0.3 is 23.8 Å². The van der Waals surface area contributed by atoms with Crippen LogP contribution >= 0.6 is 11.6 Å². The van der Waals surface area contributed by atoms with Gasteiger partial charge in [-0.05, 0) is 74.5 Å².